The maximum absolute atomic E-state index is 12.0. The maximum atomic E-state index is 12.0. The van der Waals surface area contributed by atoms with Crippen LogP contribution in [0.2, 0.25) is 0 Å². The molecule has 0 radical (unpaired) electrons. The number of fused-ring (bicyclic) bond motifs is 1. The van der Waals surface area contributed by atoms with Crippen molar-refractivity contribution >= 4 is 22.3 Å². The highest BCUT2D eigenvalue weighted by molar-refractivity contribution is 7.13. The number of benzene rings is 1. The zero-order valence-electron chi connectivity index (χ0n) is 10.0. The van der Waals surface area contributed by atoms with Crippen LogP contribution in [-0.4, -0.2) is 10.2 Å². The quantitative estimate of drug-likeness (QED) is 0.714. The van der Waals surface area contributed by atoms with Gasteiger partial charge >= 0.3 is 0 Å². The molecular formula is C14H10O4S. The van der Waals surface area contributed by atoms with Crippen LogP contribution in [0.1, 0.15) is 5.56 Å². The second kappa shape index (κ2) is 4.13. The average molecular weight is 274 g/mol. The van der Waals surface area contributed by atoms with E-state index in [1.54, 1.807) is 0 Å². The molecule has 0 saturated carbocycles. The molecule has 0 atom stereocenters. The van der Waals surface area contributed by atoms with E-state index in [0.717, 1.165) is 16.5 Å². The molecule has 0 fully saturated rings. The third kappa shape index (κ3) is 1.88. The van der Waals surface area contributed by atoms with Crippen molar-refractivity contribution in [3.63, 3.8) is 0 Å². The minimum Gasteiger partial charge on any atom is -0.508 e. The number of rotatable bonds is 1. The molecule has 1 aromatic carbocycles. The Hall–Kier alpha value is -2.27. The van der Waals surface area contributed by atoms with E-state index < -0.39 is 0 Å². The summed E-state index contributed by atoms with van der Waals surface area (Å²) in [4.78, 5) is 12.9. The van der Waals surface area contributed by atoms with E-state index in [-0.39, 0.29) is 27.9 Å². The minimum absolute atomic E-state index is 0.0794. The fraction of sp³-hybridized carbons (Fsp3) is 0.0714. The van der Waals surface area contributed by atoms with Gasteiger partial charge in [0.1, 0.15) is 28.2 Å². The molecule has 96 valence electrons. The second-order valence-electron chi connectivity index (χ2n) is 4.25. The average Bonchev–Trinajstić information content (AvgIpc) is 2.73. The molecule has 0 spiro atoms. The Morgan fingerprint density at radius 3 is 2.68 bits per heavy atom. The summed E-state index contributed by atoms with van der Waals surface area (Å²) in [7, 11) is 0. The summed E-state index contributed by atoms with van der Waals surface area (Å²) in [6.07, 6.45) is 0. The molecular weight excluding hydrogens is 264 g/mol. The molecule has 5 heteroatoms. The van der Waals surface area contributed by atoms with Crippen LogP contribution in [0.4, 0.5) is 0 Å². The monoisotopic (exact) mass is 274 g/mol. The lowest BCUT2D eigenvalue weighted by atomic mass is 10.1. The number of phenolic OH excluding ortho intramolecular Hbond substituents is 2. The van der Waals surface area contributed by atoms with Crippen molar-refractivity contribution in [2.75, 3.05) is 0 Å². The van der Waals surface area contributed by atoms with Crippen molar-refractivity contribution < 1.29 is 14.6 Å². The van der Waals surface area contributed by atoms with E-state index in [1.807, 2.05) is 18.4 Å². The first kappa shape index (κ1) is 11.8. The molecule has 2 aromatic heterocycles. The highest BCUT2D eigenvalue weighted by atomic mass is 32.1. The summed E-state index contributed by atoms with van der Waals surface area (Å²) in [5, 5.41) is 21.1. The summed E-state index contributed by atoms with van der Waals surface area (Å²) in [6, 6.07) is 5.74. The van der Waals surface area contributed by atoms with Crippen LogP contribution in [-0.2, 0) is 0 Å². The van der Waals surface area contributed by atoms with Crippen LogP contribution in [0.25, 0.3) is 21.6 Å². The van der Waals surface area contributed by atoms with Gasteiger partial charge in [0.2, 0.25) is 0 Å². The highest BCUT2D eigenvalue weighted by Gasteiger charge is 2.13. The van der Waals surface area contributed by atoms with Crippen molar-refractivity contribution in [3.05, 3.63) is 45.4 Å². The predicted molar refractivity (Wildman–Crippen MR) is 73.9 cm³/mol. The molecule has 19 heavy (non-hydrogen) atoms. The normalized spacial score (nSPS) is 11.0. The van der Waals surface area contributed by atoms with Gasteiger partial charge in [-0.3, -0.25) is 4.79 Å². The van der Waals surface area contributed by atoms with Crippen molar-refractivity contribution in [1.82, 2.24) is 0 Å². The Bertz CT molecular complexity index is 829. The van der Waals surface area contributed by atoms with Crippen LogP contribution < -0.4 is 5.43 Å². The lowest BCUT2D eigenvalue weighted by Gasteiger charge is -2.04. The first-order valence-corrected chi connectivity index (χ1v) is 6.48. The van der Waals surface area contributed by atoms with Gasteiger partial charge in [0.25, 0.3) is 0 Å². The standard InChI is InChI=1S/C14H10O4S/c1-7-2-3-19-14(7)12-6-10(17)13-9(16)4-8(15)5-11(13)18-12/h2-6,15-16H,1H3. The second-order valence-corrected chi connectivity index (χ2v) is 5.16. The number of phenols is 2. The molecule has 0 saturated heterocycles. The topological polar surface area (TPSA) is 70.7 Å². The molecule has 4 nitrogen and oxygen atoms in total. The van der Waals surface area contributed by atoms with Crippen LogP contribution >= 0.6 is 11.3 Å². The Morgan fingerprint density at radius 2 is 2.00 bits per heavy atom. The molecule has 2 N–H and O–H groups in total. The van der Waals surface area contributed by atoms with Gasteiger partial charge < -0.3 is 14.6 Å². The Labute approximate surface area is 112 Å². The van der Waals surface area contributed by atoms with Gasteiger partial charge in [0, 0.05) is 18.2 Å². The van der Waals surface area contributed by atoms with Gasteiger partial charge in [-0.15, -0.1) is 11.3 Å². The van der Waals surface area contributed by atoms with Crippen molar-refractivity contribution in [2.45, 2.75) is 6.92 Å². The number of aromatic hydroxyl groups is 2. The summed E-state index contributed by atoms with van der Waals surface area (Å²) in [5.41, 5.74) is 0.853. The lowest BCUT2D eigenvalue weighted by Crippen LogP contribution is -2.00. The Balaban J connectivity index is 2.37. The van der Waals surface area contributed by atoms with Crippen LogP contribution in [0.3, 0.4) is 0 Å². The first-order chi connectivity index (χ1) is 9.06. The van der Waals surface area contributed by atoms with E-state index in [0.29, 0.717) is 5.76 Å². The smallest absolute Gasteiger partial charge is 0.197 e. The summed E-state index contributed by atoms with van der Waals surface area (Å²) in [6.45, 7) is 1.93. The summed E-state index contributed by atoms with van der Waals surface area (Å²) < 4.78 is 5.62. The van der Waals surface area contributed by atoms with Gasteiger partial charge in [0.15, 0.2) is 5.43 Å². The first-order valence-electron chi connectivity index (χ1n) is 5.60. The summed E-state index contributed by atoms with van der Waals surface area (Å²) in [5.74, 6) is 0.0152. The van der Waals surface area contributed by atoms with Crippen LogP contribution in [0.5, 0.6) is 11.5 Å². The van der Waals surface area contributed by atoms with Crippen molar-refractivity contribution in [2.24, 2.45) is 0 Å². The number of thiophene rings is 1. The maximum Gasteiger partial charge on any atom is 0.197 e. The largest absolute Gasteiger partial charge is 0.508 e. The highest BCUT2D eigenvalue weighted by Crippen LogP contribution is 2.33. The summed E-state index contributed by atoms with van der Waals surface area (Å²) >= 11 is 1.47. The van der Waals surface area contributed by atoms with Crippen LogP contribution in [0.15, 0.2) is 38.9 Å². The molecule has 0 bridgehead atoms. The van der Waals surface area contributed by atoms with Crippen molar-refractivity contribution in [3.8, 4) is 22.1 Å². The van der Waals surface area contributed by atoms with E-state index in [1.165, 1.54) is 23.5 Å². The molecule has 2 heterocycles. The van der Waals surface area contributed by atoms with E-state index in [4.69, 9.17) is 4.42 Å². The van der Waals surface area contributed by atoms with Gasteiger partial charge in [-0.25, -0.2) is 0 Å². The Kier molecular flexibility index (Phi) is 2.57. The van der Waals surface area contributed by atoms with Gasteiger partial charge in [-0.05, 0) is 23.9 Å². The molecule has 0 aliphatic heterocycles. The molecule has 0 amide bonds. The van der Waals surface area contributed by atoms with E-state index >= 15 is 0 Å². The number of aryl methyl sites for hydroxylation is 1. The van der Waals surface area contributed by atoms with Gasteiger partial charge in [0.05, 0.1) is 4.88 Å². The fourth-order valence-corrected chi connectivity index (χ4v) is 2.87. The van der Waals surface area contributed by atoms with Crippen molar-refractivity contribution in [1.29, 1.82) is 0 Å². The van der Waals surface area contributed by atoms with Crippen LogP contribution in [0, 0.1) is 6.92 Å². The number of hydrogen-bond donors (Lipinski definition) is 2. The third-order valence-electron chi connectivity index (χ3n) is 2.88. The SMILES string of the molecule is Cc1ccsc1-c1cc(=O)c2c(O)cc(O)cc2o1. The zero-order chi connectivity index (χ0) is 13.6. The minimum atomic E-state index is -0.332. The molecule has 0 aliphatic carbocycles. The van der Waals surface area contributed by atoms with Gasteiger partial charge in [-0.2, -0.15) is 0 Å². The number of hydrogen-bond acceptors (Lipinski definition) is 5. The zero-order valence-corrected chi connectivity index (χ0v) is 10.8. The third-order valence-corrected chi connectivity index (χ3v) is 3.91. The van der Waals surface area contributed by atoms with E-state index in [9.17, 15) is 15.0 Å². The fourth-order valence-electron chi connectivity index (χ4n) is 1.99. The predicted octanol–water partition coefficient (Wildman–Crippen LogP) is 3.24. The van der Waals surface area contributed by atoms with E-state index in [2.05, 4.69) is 0 Å². The lowest BCUT2D eigenvalue weighted by molar-refractivity contribution is 0.452. The van der Waals surface area contributed by atoms with Gasteiger partial charge in [-0.1, -0.05) is 0 Å². The molecule has 0 aliphatic rings. The molecule has 3 rings (SSSR count). The Morgan fingerprint density at radius 1 is 1.21 bits per heavy atom. The molecule has 0 unspecified atom stereocenters. The molecule has 3 aromatic rings.